The molecule has 0 unspecified atom stereocenters. The maximum Gasteiger partial charge on any atom is 0.253 e. The number of hydrogen-bond donors (Lipinski definition) is 0. The van der Waals surface area contributed by atoms with Crippen LogP contribution in [0.4, 0.5) is 0 Å². The molecule has 0 amide bonds. The second-order valence-electron chi connectivity index (χ2n) is 3.51. The van der Waals surface area contributed by atoms with Crippen molar-refractivity contribution in [3.8, 4) is 5.95 Å². The van der Waals surface area contributed by atoms with Crippen LogP contribution < -0.4 is 0 Å². The van der Waals surface area contributed by atoms with Gasteiger partial charge in [-0.15, -0.1) is 5.10 Å². The lowest BCUT2D eigenvalue weighted by Crippen LogP contribution is -2.03. The number of rotatable bonds is 3. The van der Waals surface area contributed by atoms with Crippen LogP contribution in [0.15, 0.2) is 18.5 Å². The van der Waals surface area contributed by atoms with Crippen molar-refractivity contribution in [2.45, 2.75) is 26.2 Å². The average molecular weight is 238 g/mol. The highest BCUT2D eigenvalue weighted by molar-refractivity contribution is 6.28. The van der Waals surface area contributed by atoms with Crippen LogP contribution in [0.25, 0.3) is 5.95 Å². The van der Waals surface area contributed by atoms with Gasteiger partial charge in [0.1, 0.15) is 0 Å². The molecule has 0 saturated carbocycles. The maximum absolute atomic E-state index is 5.99. The van der Waals surface area contributed by atoms with E-state index in [1.165, 1.54) is 4.68 Å². The number of nitrogens with zero attached hydrogens (tertiary/aromatic N) is 5. The topological polar surface area (TPSA) is 56.5 Å². The summed E-state index contributed by atoms with van der Waals surface area (Å²) < 4.78 is 1.45. The SMILES string of the molecule is CC[C@@H](C)c1nc(Cl)n(-c2ncccn2)n1. The highest BCUT2D eigenvalue weighted by Gasteiger charge is 2.14. The van der Waals surface area contributed by atoms with E-state index in [2.05, 4.69) is 33.9 Å². The molecule has 2 aromatic rings. The number of halogens is 1. The summed E-state index contributed by atoms with van der Waals surface area (Å²) in [5.41, 5.74) is 0. The number of hydrogen-bond acceptors (Lipinski definition) is 4. The summed E-state index contributed by atoms with van der Waals surface area (Å²) in [7, 11) is 0. The second-order valence-corrected chi connectivity index (χ2v) is 3.85. The van der Waals surface area contributed by atoms with Gasteiger partial charge in [-0.25, -0.2) is 15.0 Å². The minimum atomic E-state index is 0.280. The molecule has 0 aliphatic heterocycles. The second kappa shape index (κ2) is 4.57. The summed E-state index contributed by atoms with van der Waals surface area (Å²) in [5.74, 6) is 1.44. The Bertz CT molecular complexity index is 467. The van der Waals surface area contributed by atoms with Gasteiger partial charge in [0.25, 0.3) is 5.95 Å². The smallest absolute Gasteiger partial charge is 0.220 e. The van der Waals surface area contributed by atoms with Crippen molar-refractivity contribution in [1.82, 2.24) is 24.7 Å². The lowest BCUT2D eigenvalue weighted by molar-refractivity contribution is 0.667. The van der Waals surface area contributed by atoms with Crippen LogP contribution >= 0.6 is 11.6 Å². The zero-order chi connectivity index (χ0) is 11.5. The van der Waals surface area contributed by atoms with Crippen LogP contribution in [-0.4, -0.2) is 24.7 Å². The van der Waals surface area contributed by atoms with Crippen LogP contribution in [0.1, 0.15) is 32.0 Å². The van der Waals surface area contributed by atoms with Gasteiger partial charge in [0, 0.05) is 18.3 Å². The molecule has 2 heterocycles. The van der Waals surface area contributed by atoms with Crippen LogP contribution in [0.3, 0.4) is 0 Å². The van der Waals surface area contributed by atoms with E-state index in [0.29, 0.717) is 11.2 Å². The Morgan fingerprint density at radius 2 is 2.06 bits per heavy atom. The fourth-order valence-corrected chi connectivity index (χ4v) is 1.43. The van der Waals surface area contributed by atoms with Crippen molar-refractivity contribution >= 4 is 11.6 Å². The van der Waals surface area contributed by atoms with Gasteiger partial charge in [-0.05, 0) is 24.1 Å². The van der Waals surface area contributed by atoms with Crippen molar-refractivity contribution < 1.29 is 0 Å². The Hall–Kier alpha value is -1.49. The Morgan fingerprint density at radius 1 is 1.38 bits per heavy atom. The van der Waals surface area contributed by atoms with Crippen LogP contribution in [-0.2, 0) is 0 Å². The van der Waals surface area contributed by atoms with Gasteiger partial charge in [-0.2, -0.15) is 4.68 Å². The molecule has 2 aromatic heterocycles. The third-order valence-electron chi connectivity index (χ3n) is 2.38. The summed E-state index contributed by atoms with van der Waals surface area (Å²) in [6.07, 6.45) is 4.25. The molecule has 0 aliphatic carbocycles. The Kier molecular flexibility index (Phi) is 3.14. The fraction of sp³-hybridized carbons (Fsp3) is 0.400. The molecule has 2 rings (SSSR count). The summed E-state index contributed by atoms with van der Waals surface area (Å²) in [6.45, 7) is 4.14. The molecule has 0 spiro atoms. The van der Waals surface area contributed by atoms with E-state index in [-0.39, 0.29) is 5.92 Å². The first-order valence-corrected chi connectivity index (χ1v) is 5.50. The summed E-state index contributed by atoms with van der Waals surface area (Å²) in [4.78, 5) is 12.3. The molecule has 0 aromatic carbocycles. The van der Waals surface area contributed by atoms with Gasteiger partial charge in [0.2, 0.25) is 5.28 Å². The molecule has 0 N–H and O–H groups in total. The van der Waals surface area contributed by atoms with Crippen molar-refractivity contribution in [3.63, 3.8) is 0 Å². The molecule has 1 atom stereocenters. The first-order chi connectivity index (χ1) is 7.72. The summed E-state index contributed by atoms with van der Waals surface area (Å²) in [6, 6.07) is 1.74. The zero-order valence-corrected chi connectivity index (χ0v) is 9.89. The molecule has 5 nitrogen and oxygen atoms in total. The third-order valence-corrected chi connectivity index (χ3v) is 2.62. The molecule has 84 valence electrons. The van der Waals surface area contributed by atoms with E-state index in [0.717, 1.165) is 12.2 Å². The maximum atomic E-state index is 5.99. The fourth-order valence-electron chi connectivity index (χ4n) is 1.23. The minimum Gasteiger partial charge on any atom is -0.220 e. The van der Waals surface area contributed by atoms with E-state index in [1.807, 2.05) is 0 Å². The van der Waals surface area contributed by atoms with Crippen molar-refractivity contribution in [2.75, 3.05) is 0 Å². The molecule has 0 saturated heterocycles. The van der Waals surface area contributed by atoms with E-state index >= 15 is 0 Å². The summed E-state index contributed by atoms with van der Waals surface area (Å²) in [5, 5.41) is 4.59. The molecule has 0 aliphatic rings. The highest BCUT2D eigenvalue weighted by Crippen LogP contribution is 2.18. The van der Waals surface area contributed by atoms with Gasteiger partial charge >= 0.3 is 0 Å². The van der Waals surface area contributed by atoms with E-state index in [4.69, 9.17) is 11.6 Å². The monoisotopic (exact) mass is 237 g/mol. The first-order valence-electron chi connectivity index (χ1n) is 5.12. The molecular weight excluding hydrogens is 226 g/mol. The zero-order valence-electron chi connectivity index (χ0n) is 9.13. The number of aromatic nitrogens is 5. The molecular formula is C10H12ClN5. The van der Waals surface area contributed by atoms with Gasteiger partial charge in [-0.3, -0.25) is 0 Å². The Labute approximate surface area is 98.5 Å². The average Bonchev–Trinajstić information content (AvgIpc) is 2.71. The predicted molar refractivity (Wildman–Crippen MR) is 60.7 cm³/mol. The predicted octanol–water partition coefficient (Wildman–Crippen LogP) is 2.22. The normalized spacial score (nSPS) is 12.7. The summed E-state index contributed by atoms with van der Waals surface area (Å²) >= 11 is 5.99. The quantitative estimate of drug-likeness (QED) is 0.822. The van der Waals surface area contributed by atoms with Crippen molar-refractivity contribution in [1.29, 1.82) is 0 Å². The van der Waals surface area contributed by atoms with Gasteiger partial charge < -0.3 is 0 Å². The van der Waals surface area contributed by atoms with Crippen LogP contribution in [0.5, 0.6) is 0 Å². The first kappa shape index (κ1) is 11.0. The van der Waals surface area contributed by atoms with Crippen molar-refractivity contribution in [3.05, 3.63) is 29.6 Å². The van der Waals surface area contributed by atoms with Crippen molar-refractivity contribution in [2.24, 2.45) is 0 Å². The minimum absolute atomic E-state index is 0.280. The Balaban J connectivity index is 2.40. The Morgan fingerprint density at radius 3 is 2.69 bits per heavy atom. The van der Waals surface area contributed by atoms with Gasteiger partial charge in [0.15, 0.2) is 5.82 Å². The molecule has 0 fully saturated rings. The lowest BCUT2D eigenvalue weighted by Gasteiger charge is -2.00. The molecule has 16 heavy (non-hydrogen) atoms. The third kappa shape index (κ3) is 2.04. The molecule has 0 bridgehead atoms. The molecule has 0 radical (unpaired) electrons. The van der Waals surface area contributed by atoms with Crippen LogP contribution in [0.2, 0.25) is 5.28 Å². The highest BCUT2D eigenvalue weighted by atomic mass is 35.5. The van der Waals surface area contributed by atoms with E-state index < -0.39 is 0 Å². The lowest BCUT2D eigenvalue weighted by atomic mass is 10.1. The standard InChI is InChI=1S/C10H12ClN5/c1-3-7(2)8-14-9(11)16(15-8)10-12-5-4-6-13-10/h4-7H,3H2,1-2H3/t7-/m1/s1. The van der Waals surface area contributed by atoms with Gasteiger partial charge in [-0.1, -0.05) is 13.8 Å². The van der Waals surface area contributed by atoms with Gasteiger partial charge in [0.05, 0.1) is 0 Å². The van der Waals surface area contributed by atoms with E-state index in [1.54, 1.807) is 18.5 Å². The molecule has 6 heteroatoms. The largest absolute Gasteiger partial charge is 0.253 e. The van der Waals surface area contributed by atoms with Crippen LogP contribution in [0, 0.1) is 0 Å². The van der Waals surface area contributed by atoms with E-state index in [9.17, 15) is 0 Å².